The van der Waals surface area contributed by atoms with Crippen LogP contribution in [0.25, 0.3) is 0 Å². The Morgan fingerprint density at radius 1 is 1.08 bits per heavy atom. The summed E-state index contributed by atoms with van der Waals surface area (Å²) in [5, 5.41) is 0. The van der Waals surface area contributed by atoms with Crippen molar-refractivity contribution in [1.29, 1.82) is 0 Å². The van der Waals surface area contributed by atoms with Gasteiger partial charge in [0.15, 0.2) is 0 Å². The van der Waals surface area contributed by atoms with Gasteiger partial charge in [-0.2, -0.15) is 0 Å². The first-order valence-corrected chi connectivity index (χ1v) is 8.14. The molecule has 2 atom stereocenters. The van der Waals surface area contributed by atoms with Crippen LogP contribution in [0.4, 0.5) is 4.79 Å². The van der Waals surface area contributed by atoms with Gasteiger partial charge in [-0.05, 0) is 44.0 Å². The third-order valence-electron chi connectivity index (χ3n) is 4.63. The molecule has 1 fully saturated rings. The number of ether oxygens (including phenoxy) is 2. The fourth-order valence-electron chi connectivity index (χ4n) is 3.40. The molecule has 0 aliphatic carbocycles. The summed E-state index contributed by atoms with van der Waals surface area (Å²) in [6.45, 7) is 5.95. The Morgan fingerprint density at radius 3 is 2.29 bits per heavy atom. The smallest absolute Gasteiger partial charge is 0.411 e. The standard InChI is InChI=1S/C20H23NO3/c1-14(15-10-12-17(23-4)13-11-15)21-18(16-8-6-5-7-9-16)20(2,3)24-19(21)22/h5-14,18H,1-4H3/t14-,18-/m1/s1. The normalized spacial score (nSPS) is 20.6. The SMILES string of the molecule is COc1ccc([C@@H](C)N2C(=O)OC(C)(C)[C@H]2c2ccccc2)cc1. The number of rotatable bonds is 4. The lowest BCUT2D eigenvalue weighted by Gasteiger charge is -2.33. The maximum Gasteiger partial charge on any atom is 0.411 e. The fourth-order valence-corrected chi connectivity index (χ4v) is 3.40. The van der Waals surface area contributed by atoms with Gasteiger partial charge in [0, 0.05) is 0 Å². The van der Waals surface area contributed by atoms with E-state index >= 15 is 0 Å². The molecule has 0 radical (unpaired) electrons. The van der Waals surface area contributed by atoms with Crippen LogP contribution in [-0.4, -0.2) is 23.7 Å². The van der Waals surface area contributed by atoms with Crippen LogP contribution in [0.1, 0.15) is 44.0 Å². The van der Waals surface area contributed by atoms with Crippen molar-refractivity contribution in [3.05, 3.63) is 65.7 Å². The Bertz CT molecular complexity index is 709. The van der Waals surface area contributed by atoms with E-state index in [2.05, 4.69) is 0 Å². The molecule has 0 bridgehead atoms. The summed E-state index contributed by atoms with van der Waals surface area (Å²) in [4.78, 5) is 14.4. The van der Waals surface area contributed by atoms with Crippen molar-refractivity contribution in [3.63, 3.8) is 0 Å². The third kappa shape index (κ3) is 2.84. The van der Waals surface area contributed by atoms with Crippen molar-refractivity contribution >= 4 is 6.09 Å². The Labute approximate surface area is 143 Å². The van der Waals surface area contributed by atoms with Crippen molar-refractivity contribution in [2.45, 2.75) is 38.5 Å². The lowest BCUT2D eigenvalue weighted by Crippen LogP contribution is -2.35. The van der Waals surface area contributed by atoms with Crippen LogP contribution < -0.4 is 4.74 Å². The highest BCUT2D eigenvalue weighted by molar-refractivity contribution is 5.72. The average molecular weight is 325 g/mol. The number of carbonyl (C=O) groups is 1. The summed E-state index contributed by atoms with van der Waals surface area (Å²) in [5.74, 6) is 0.801. The molecule has 1 heterocycles. The highest BCUT2D eigenvalue weighted by Gasteiger charge is 2.50. The number of methoxy groups -OCH3 is 1. The number of cyclic esters (lactones) is 1. The zero-order valence-electron chi connectivity index (χ0n) is 14.5. The Balaban J connectivity index is 1.98. The zero-order chi connectivity index (χ0) is 17.3. The van der Waals surface area contributed by atoms with E-state index < -0.39 is 5.60 Å². The van der Waals surface area contributed by atoms with E-state index in [-0.39, 0.29) is 18.2 Å². The van der Waals surface area contributed by atoms with Gasteiger partial charge < -0.3 is 9.47 Å². The minimum absolute atomic E-state index is 0.101. The molecule has 1 amide bonds. The van der Waals surface area contributed by atoms with Crippen molar-refractivity contribution < 1.29 is 14.3 Å². The second kappa shape index (κ2) is 6.19. The summed E-state index contributed by atoms with van der Waals surface area (Å²) >= 11 is 0. The molecule has 2 aromatic rings. The molecule has 0 unspecified atom stereocenters. The van der Waals surface area contributed by atoms with E-state index in [4.69, 9.17) is 9.47 Å². The number of amides is 1. The molecule has 0 N–H and O–H groups in total. The molecule has 2 aromatic carbocycles. The summed E-state index contributed by atoms with van der Waals surface area (Å²) in [7, 11) is 1.64. The molecule has 0 saturated carbocycles. The van der Waals surface area contributed by atoms with Crippen LogP contribution in [0, 0.1) is 0 Å². The quantitative estimate of drug-likeness (QED) is 0.816. The lowest BCUT2D eigenvalue weighted by atomic mass is 9.90. The van der Waals surface area contributed by atoms with Crippen LogP contribution in [0.3, 0.4) is 0 Å². The molecule has 24 heavy (non-hydrogen) atoms. The molecule has 3 rings (SSSR count). The highest BCUT2D eigenvalue weighted by atomic mass is 16.6. The van der Waals surface area contributed by atoms with E-state index in [9.17, 15) is 4.79 Å². The minimum Gasteiger partial charge on any atom is -0.497 e. The van der Waals surface area contributed by atoms with Crippen molar-refractivity contribution in [3.8, 4) is 5.75 Å². The molecule has 4 heteroatoms. The second-order valence-electron chi connectivity index (χ2n) is 6.64. The van der Waals surface area contributed by atoms with Gasteiger partial charge in [0.05, 0.1) is 13.2 Å². The van der Waals surface area contributed by atoms with Crippen LogP contribution in [0.5, 0.6) is 5.75 Å². The van der Waals surface area contributed by atoms with Gasteiger partial charge in [0.2, 0.25) is 0 Å². The Kier molecular flexibility index (Phi) is 4.22. The largest absolute Gasteiger partial charge is 0.497 e. The predicted octanol–water partition coefficient (Wildman–Crippen LogP) is 4.73. The maximum atomic E-state index is 12.6. The monoisotopic (exact) mass is 325 g/mol. The Hall–Kier alpha value is -2.49. The van der Waals surface area contributed by atoms with Crippen molar-refractivity contribution in [2.24, 2.45) is 0 Å². The van der Waals surface area contributed by atoms with Crippen molar-refractivity contribution in [1.82, 2.24) is 4.90 Å². The molecular weight excluding hydrogens is 302 g/mol. The molecule has 126 valence electrons. The first-order valence-electron chi connectivity index (χ1n) is 8.14. The number of hydrogen-bond donors (Lipinski definition) is 0. The molecule has 4 nitrogen and oxygen atoms in total. The summed E-state index contributed by atoms with van der Waals surface area (Å²) < 4.78 is 10.9. The van der Waals surface area contributed by atoms with Gasteiger partial charge in [-0.1, -0.05) is 42.5 Å². The fraction of sp³-hybridized carbons (Fsp3) is 0.350. The van der Waals surface area contributed by atoms with E-state index in [0.717, 1.165) is 16.9 Å². The van der Waals surface area contributed by atoms with Gasteiger partial charge in [-0.15, -0.1) is 0 Å². The lowest BCUT2D eigenvalue weighted by molar-refractivity contribution is 0.0670. The number of nitrogens with zero attached hydrogens (tertiary/aromatic N) is 1. The van der Waals surface area contributed by atoms with Gasteiger partial charge in [0.1, 0.15) is 17.4 Å². The van der Waals surface area contributed by atoms with Crippen LogP contribution in [0.15, 0.2) is 54.6 Å². The maximum absolute atomic E-state index is 12.6. The van der Waals surface area contributed by atoms with Crippen LogP contribution >= 0.6 is 0 Å². The molecular formula is C20H23NO3. The molecule has 1 aliphatic heterocycles. The summed E-state index contributed by atoms with van der Waals surface area (Å²) in [6, 6.07) is 17.6. The average Bonchev–Trinajstić information content (AvgIpc) is 2.83. The highest BCUT2D eigenvalue weighted by Crippen LogP contribution is 2.45. The number of hydrogen-bond acceptors (Lipinski definition) is 3. The van der Waals surface area contributed by atoms with Crippen LogP contribution in [-0.2, 0) is 4.74 Å². The van der Waals surface area contributed by atoms with E-state index in [0.29, 0.717) is 0 Å². The molecule has 1 aliphatic rings. The summed E-state index contributed by atoms with van der Waals surface area (Å²) in [5.41, 5.74) is 1.54. The number of carbonyl (C=O) groups excluding carboxylic acids is 1. The van der Waals surface area contributed by atoms with Crippen molar-refractivity contribution in [2.75, 3.05) is 7.11 Å². The van der Waals surface area contributed by atoms with Gasteiger partial charge in [-0.25, -0.2) is 4.79 Å². The van der Waals surface area contributed by atoms with E-state index in [1.54, 1.807) is 7.11 Å². The van der Waals surface area contributed by atoms with Gasteiger partial charge in [0.25, 0.3) is 0 Å². The molecule has 1 saturated heterocycles. The van der Waals surface area contributed by atoms with E-state index in [1.807, 2.05) is 80.3 Å². The minimum atomic E-state index is -0.584. The van der Waals surface area contributed by atoms with E-state index in [1.165, 1.54) is 0 Å². The zero-order valence-corrected chi connectivity index (χ0v) is 14.5. The first kappa shape index (κ1) is 16.4. The van der Waals surface area contributed by atoms with Gasteiger partial charge >= 0.3 is 6.09 Å². The third-order valence-corrected chi connectivity index (χ3v) is 4.63. The number of benzene rings is 2. The second-order valence-corrected chi connectivity index (χ2v) is 6.64. The van der Waals surface area contributed by atoms with Gasteiger partial charge in [-0.3, -0.25) is 4.90 Å². The summed E-state index contributed by atoms with van der Waals surface area (Å²) in [6.07, 6.45) is -0.280. The molecule has 0 aromatic heterocycles. The Morgan fingerprint density at radius 2 is 1.71 bits per heavy atom. The van der Waals surface area contributed by atoms with Crippen LogP contribution in [0.2, 0.25) is 0 Å². The topological polar surface area (TPSA) is 38.8 Å². The first-order chi connectivity index (χ1) is 11.4. The molecule has 0 spiro atoms. The predicted molar refractivity (Wildman–Crippen MR) is 93.0 cm³/mol.